The van der Waals surface area contributed by atoms with Crippen LogP contribution in [0, 0.1) is 5.41 Å². The summed E-state index contributed by atoms with van der Waals surface area (Å²) in [4.78, 5) is 11.5. The molecule has 3 aliphatic carbocycles. The Labute approximate surface area is 111 Å². The quantitative estimate of drug-likeness (QED) is 0.553. The van der Waals surface area contributed by atoms with Crippen molar-refractivity contribution in [2.45, 2.75) is 83.5 Å². The second-order valence-corrected chi connectivity index (χ2v) is 6.84. The van der Waals surface area contributed by atoms with E-state index in [1.54, 1.807) is 5.57 Å². The van der Waals surface area contributed by atoms with Crippen LogP contribution in [-0.2, 0) is 4.79 Å². The molecule has 0 aromatic carbocycles. The van der Waals surface area contributed by atoms with Crippen molar-refractivity contribution in [3.8, 4) is 0 Å². The lowest BCUT2D eigenvalue weighted by molar-refractivity contribution is -0.119. The number of Topliss-reactive ketones (excluding diaryl/α,β-unsaturated/α-hetero) is 1. The smallest absolute Gasteiger partial charge is 0.132 e. The maximum Gasteiger partial charge on any atom is 0.132 e. The van der Waals surface area contributed by atoms with Crippen LogP contribution < -0.4 is 0 Å². The molecule has 0 aromatic rings. The minimum Gasteiger partial charge on any atom is -0.300 e. The molecule has 0 radical (unpaired) electrons. The van der Waals surface area contributed by atoms with Crippen molar-refractivity contribution in [1.82, 2.24) is 0 Å². The largest absolute Gasteiger partial charge is 0.300 e. The first-order valence-electron chi connectivity index (χ1n) is 7.99. The monoisotopic (exact) mass is 246 g/mol. The van der Waals surface area contributed by atoms with Crippen LogP contribution in [0.3, 0.4) is 0 Å². The molecular formula is C17H26O. The van der Waals surface area contributed by atoms with Crippen molar-refractivity contribution in [2.24, 2.45) is 5.41 Å². The first-order valence-corrected chi connectivity index (χ1v) is 7.99. The van der Waals surface area contributed by atoms with E-state index < -0.39 is 0 Å². The highest BCUT2D eigenvalue weighted by atomic mass is 16.1. The van der Waals surface area contributed by atoms with Crippen LogP contribution >= 0.6 is 0 Å². The van der Waals surface area contributed by atoms with Gasteiger partial charge in [0.25, 0.3) is 0 Å². The summed E-state index contributed by atoms with van der Waals surface area (Å²) in [6.45, 7) is 0. The van der Waals surface area contributed by atoms with Gasteiger partial charge in [0.1, 0.15) is 5.78 Å². The number of allylic oxidation sites excluding steroid dienone is 2. The van der Waals surface area contributed by atoms with Gasteiger partial charge in [-0.1, -0.05) is 24.0 Å². The molecule has 3 fully saturated rings. The Morgan fingerprint density at radius 3 is 2.00 bits per heavy atom. The average molecular weight is 246 g/mol. The Balaban J connectivity index is 1.68. The Morgan fingerprint density at radius 2 is 1.33 bits per heavy atom. The summed E-state index contributed by atoms with van der Waals surface area (Å²) in [5.74, 6) is 0.498. The van der Waals surface area contributed by atoms with Gasteiger partial charge in [0, 0.05) is 12.8 Å². The lowest BCUT2D eigenvalue weighted by Crippen LogP contribution is -2.10. The molecular weight excluding hydrogens is 220 g/mol. The summed E-state index contributed by atoms with van der Waals surface area (Å²) >= 11 is 0. The highest BCUT2D eigenvalue weighted by molar-refractivity contribution is 5.78. The Morgan fingerprint density at radius 1 is 0.667 bits per heavy atom. The van der Waals surface area contributed by atoms with Gasteiger partial charge in [0.05, 0.1) is 0 Å². The third kappa shape index (κ3) is 2.55. The van der Waals surface area contributed by atoms with Crippen molar-refractivity contribution in [2.75, 3.05) is 0 Å². The molecule has 1 spiro atoms. The van der Waals surface area contributed by atoms with Crippen LogP contribution in [0.15, 0.2) is 11.1 Å². The van der Waals surface area contributed by atoms with E-state index >= 15 is 0 Å². The normalized spacial score (nSPS) is 28.8. The van der Waals surface area contributed by atoms with Crippen molar-refractivity contribution >= 4 is 5.78 Å². The van der Waals surface area contributed by atoms with Gasteiger partial charge < -0.3 is 0 Å². The molecule has 0 unspecified atom stereocenters. The average Bonchev–Trinajstić information content (AvgIpc) is 2.95. The Kier molecular flexibility index (Phi) is 3.59. The molecule has 18 heavy (non-hydrogen) atoms. The Hall–Kier alpha value is -0.590. The van der Waals surface area contributed by atoms with E-state index in [1.807, 2.05) is 5.57 Å². The van der Waals surface area contributed by atoms with Crippen molar-refractivity contribution < 1.29 is 4.79 Å². The highest BCUT2D eigenvalue weighted by Crippen LogP contribution is 2.53. The van der Waals surface area contributed by atoms with Crippen LogP contribution in [0.5, 0.6) is 0 Å². The minimum atomic E-state index is 0.498. The number of carbonyl (C=O) groups excluding carboxylic acids is 1. The summed E-state index contributed by atoms with van der Waals surface area (Å²) in [5, 5.41) is 0. The molecule has 0 amide bonds. The molecule has 1 heteroatoms. The van der Waals surface area contributed by atoms with Gasteiger partial charge in [-0.2, -0.15) is 0 Å². The van der Waals surface area contributed by atoms with E-state index in [-0.39, 0.29) is 0 Å². The third-order valence-corrected chi connectivity index (χ3v) is 5.58. The van der Waals surface area contributed by atoms with Crippen LogP contribution in [0.25, 0.3) is 0 Å². The highest BCUT2D eigenvalue weighted by Gasteiger charge is 2.39. The molecule has 0 atom stereocenters. The van der Waals surface area contributed by atoms with E-state index in [0.717, 1.165) is 31.1 Å². The van der Waals surface area contributed by atoms with Gasteiger partial charge >= 0.3 is 0 Å². The number of hydrogen-bond acceptors (Lipinski definition) is 1. The SMILES string of the molecule is O=C1CCCC(=C2CCC3(CCCC3)C2)CCC1. The first kappa shape index (κ1) is 12.4. The molecule has 3 rings (SSSR count). The fourth-order valence-corrected chi connectivity index (χ4v) is 4.50. The van der Waals surface area contributed by atoms with Gasteiger partial charge in [0.15, 0.2) is 0 Å². The molecule has 0 heterocycles. The number of ketones is 1. The summed E-state index contributed by atoms with van der Waals surface area (Å²) in [7, 11) is 0. The van der Waals surface area contributed by atoms with Gasteiger partial charge in [0.2, 0.25) is 0 Å². The summed E-state index contributed by atoms with van der Waals surface area (Å²) < 4.78 is 0. The summed E-state index contributed by atoms with van der Waals surface area (Å²) in [6, 6.07) is 0. The van der Waals surface area contributed by atoms with Gasteiger partial charge in [-0.05, 0) is 63.2 Å². The standard InChI is InChI=1S/C17H26O/c18-16-7-3-5-14(6-4-8-16)15-9-12-17(13-15)10-1-2-11-17/h1-13H2. The zero-order valence-electron chi connectivity index (χ0n) is 11.6. The maximum atomic E-state index is 11.5. The second-order valence-electron chi connectivity index (χ2n) is 6.84. The van der Waals surface area contributed by atoms with E-state index in [1.165, 1.54) is 57.8 Å². The number of hydrogen-bond donors (Lipinski definition) is 0. The van der Waals surface area contributed by atoms with Gasteiger partial charge in [-0.25, -0.2) is 0 Å². The topological polar surface area (TPSA) is 17.1 Å². The molecule has 0 bridgehead atoms. The molecule has 3 aliphatic rings. The minimum absolute atomic E-state index is 0.498. The lowest BCUT2D eigenvalue weighted by atomic mass is 9.83. The summed E-state index contributed by atoms with van der Waals surface area (Å²) in [6.07, 6.45) is 16.5. The molecule has 0 aliphatic heterocycles. The second kappa shape index (κ2) is 5.19. The zero-order chi connectivity index (χ0) is 12.4. The third-order valence-electron chi connectivity index (χ3n) is 5.58. The first-order chi connectivity index (χ1) is 8.77. The van der Waals surface area contributed by atoms with Gasteiger partial charge in [-0.3, -0.25) is 4.79 Å². The van der Waals surface area contributed by atoms with Crippen molar-refractivity contribution in [3.63, 3.8) is 0 Å². The van der Waals surface area contributed by atoms with Crippen LogP contribution in [-0.4, -0.2) is 5.78 Å². The molecule has 100 valence electrons. The fourth-order valence-electron chi connectivity index (χ4n) is 4.50. The van der Waals surface area contributed by atoms with E-state index in [4.69, 9.17) is 0 Å². The predicted octanol–water partition coefficient (Wildman–Crippen LogP) is 4.95. The number of carbonyl (C=O) groups is 1. The Bertz CT molecular complexity index is 344. The summed E-state index contributed by atoms with van der Waals surface area (Å²) in [5.41, 5.74) is 4.29. The van der Waals surface area contributed by atoms with Crippen molar-refractivity contribution in [1.29, 1.82) is 0 Å². The van der Waals surface area contributed by atoms with E-state index in [2.05, 4.69) is 0 Å². The number of rotatable bonds is 0. The molecule has 0 N–H and O–H groups in total. The molecule has 1 nitrogen and oxygen atoms in total. The fraction of sp³-hybridized carbons (Fsp3) is 0.824. The van der Waals surface area contributed by atoms with E-state index in [9.17, 15) is 4.79 Å². The molecule has 0 aromatic heterocycles. The maximum absolute atomic E-state index is 11.5. The zero-order valence-corrected chi connectivity index (χ0v) is 11.6. The molecule has 3 saturated carbocycles. The lowest BCUT2D eigenvalue weighted by Gasteiger charge is -2.22. The van der Waals surface area contributed by atoms with Crippen LogP contribution in [0.4, 0.5) is 0 Å². The van der Waals surface area contributed by atoms with Crippen molar-refractivity contribution in [3.05, 3.63) is 11.1 Å². The van der Waals surface area contributed by atoms with Gasteiger partial charge in [-0.15, -0.1) is 0 Å². The molecule has 0 saturated heterocycles. The van der Waals surface area contributed by atoms with Crippen LogP contribution in [0.1, 0.15) is 83.5 Å². The van der Waals surface area contributed by atoms with E-state index in [0.29, 0.717) is 5.78 Å². The predicted molar refractivity (Wildman–Crippen MR) is 74.5 cm³/mol. The van der Waals surface area contributed by atoms with Crippen LogP contribution in [0.2, 0.25) is 0 Å².